The fourth-order valence-corrected chi connectivity index (χ4v) is 4.59. The highest BCUT2D eigenvalue weighted by molar-refractivity contribution is 5.90. The number of carbonyl (C=O) groups is 1. The van der Waals surface area contributed by atoms with Gasteiger partial charge in [0.15, 0.2) is 0 Å². The number of nitrogens with one attached hydrogen (secondary N) is 1. The van der Waals surface area contributed by atoms with Crippen LogP contribution in [0.3, 0.4) is 0 Å². The van der Waals surface area contributed by atoms with Crippen LogP contribution < -0.4 is 10.2 Å². The number of aromatic nitrogens is 2. The standard InChI is InChI=1S/C25H25FN4O2/c26-22-9-5-4-8-21(22)19-15-28-23(29-16-19)27-14-18-10-12-25(13-11-18)17-30(24(31)32-25)20-6-2-1-3-7-20/h1-9,15-16,18H,10-14,17H2,(H,27,28,29). The molecule has 1 saturated heterocycles. The average Bonchev–Trinajstić information content (AvgIpc) is 3.16. The number of halogens is 1. The van der Waals surface area contributed by atoms with Gasteiger partial charge in [0, 0.05) is 35.8 Å². The summed E-state index contributed by atoms with van der Waals surface area (Å²) in [6.07, 6.45) is 6.66. The monoisotopic (exact) mass is 432 g/mol. The van der Waals surface area contributed by atoms with Crippen LogP contribution >= 0.6 is 0 Å². The zero-order chi connectivity index (χ0) is 22.0. The molecule has 2 aromatic carbocycles. The maximum absolute atomic E-state index is 13.9. The van der Waals surface area contributed by atoms with Crippen LogP contribution in [0.2, 0.25) is 0 Å². The Morgan fingerprint density at radius 1 is 1.03 bits per heavy atom. The van der Waals surface area contributed by atoms with Gasteiger partial charge in [0.2, 0.25) is 5.95 Å². The van der Waals surface area contributed by atoms with E-state index in [1.54, 1.807) is 35.5 Å². The second-order valence-corrected chi connectivity index (χ2v) is 8.57. The number of hydrogen-bond acceptors (Lipinski definition) is 5. The van der Waals surface area contributed by atoms with E-state index in [2.05, 4.69) is 15.3 Å². The molecule has 3 aromatic rings. The third-order valence-electron chi connectivity index (χ3n) is 6.44. The largest absolute Gasteiger partial charge is 0.441 e. The summed E-state index contributed by atoms with van der Waals surface area (Å²) in [6.45, 7) is 1.36. The lowest BCUT2D eigenvalue weighted by molar-refractivity contribution is 0.0148. The lowest BCUT2D eigenvalue weighted by Gasteiger charge is -2.35. The third-order valence-corrected chi connectivity index (χ3v) is 6.44. The second-order valence-electron chi connectivity index (χ2n) is 8.57. The molecule has 0 bridgehead atoms. The topological polar surface area (TPSA) is 67.3 Å². The van der Waals surface area contributed by atoms with Crippen molar-refractivity contribution in [2.24, 2.45) is 5.92 Å². The van der Waals surface area contributed by atoms with Crippen LogP contribution in [0.25, 0.3) is 11.1 Å². The summed E-state index contributed by atoms with van der Waals surface area (Å²) in [6, 6.07) is 16.3. The van der Waals surface area contributed by atoms with E-state index in [1.165, 1.54) is 6.07 Å². The SMILES string of the molecule is O=C1OC2(CCC(CNc3ncc(-c4ccccc4F)cn3)CC2)CN1c1ccccc1. The Balaban J connectivity index is 1.14. The molecule has 6 nitrogen and oxygen atoms in total. The van der Waals surface area contributed by atoms with Gasteiger partial charge in [0.25, 0.3) is 0 Å². The van der Waals surface area contributed by atoms with Gasteiger partial charge in [-0.1, -0.05) is 36.4 Å². The van der Waals surface area contributed by atoms with E-state index in [-0.39, 0.29) is 17.5 Å². The van der Waals surface area contributed by atoms with E-state index in [0.29, 0.717) is 29.5 Å². The number of anilines is 2. The Morgan fingerprint density at radius 3 is 2.44 bits per heavy atom. The van der Waals surface area contributed by atoms with E-state index in [9.17, 15) is 9.18 Å². The summed E-state index contributed by atoms with van der Waals surface area (Å²) in [5, 5.41) is 3.30. The predicted molar refractivity (Wildman–Crippen MR) is 121 cm³/mol. The van der Waals surface area contributed by atoms with Crippen LogP contribution in [0.15, 0.2) is 67.0 Å². The van der Waals surface area contributed by atoms with E-state index in [1.807, 2.05) is 30.3 Å². The van der Waals surface area contributed by atoms with Gasteiger partial charge in [0.05, 0.1) is 6.54 Å². The molecule has 32 heavy (non-hydrogen) atoms. The van der Waals surface area contributed by atoms with Crippen molar-refractivity contribution >= 4 is 17.7 Å². The molecule has 164 valence electrons. The Morgan fingerprint density at radius 2 is 1.72 bits per heavy atom. The van der Waals surface area contributed by atoms with Crippen LogP contribution in [0, 0.1) is 11.7 Å². The lowest BCUT2D eigenvalue weighted by Crippen LogP contribution is -2.39. The summed E-state index contributed by atoms with van der Waals surface area (Å²) in [4.78, 5) is 22.9. The Bertz CT molecular complexity index is 1080. The van der Waals surface area contributed by atoms with Gasteiger partial charge in [-0.15, -0.1) is 0 Å². The number of hydrogen-bond donors (Lipinski definition) is 1. The van der Waals surface area contributed by atoms with Crippen molar-refractivity contribution in [3.05, 3.63) is 72.8 Å². The van der Waals surface area contributed by atoms with Crippen LogP contribution in [0.5, 0.6) is 0 Å². The normalized spacial score (nSPS) is 22.7. The Kier molecular flexibility index (Phi) is 5.47. The maximum atomic E-state index is 13.9. The first kappa shape index (κ1) is 20.4. The molecule has 2 heterocycles. The predicted octanol–water partition coefficient (Wildman–Crippen LogP) is 5.28. The van der Waals surface area contributed by atoms with Crippen molar-refractivity contribution in [3.63, 3.8) is 0 Å². The van der Waals surface area contributed by atoms with Gasteiger partial charge in [0.1, 0.15) is 11.4 Å². The van der Waals surface area contributed by atoms with Gasteiger partial charge in [-0.05, 0) is 49.8 Å². The molecule has 0 radical (unpaired) electrons. The Labute approximate surface area is 186 Å². The van der Waals surface area contributed by atoms with Gasteiger partial charge in [-0.25, -0.2) is 19.2 Å². The fraction of sp³-hybridized carbons (Fsp3) is 0.320. The summed E-state index contributed by atoms with van der Waals surface area (Å²) in [7, 11) is 0. The highest BCUT2D eigenvalue weighted by Gasteiger charge is 2.47. The van der Waals surface area contributed by atoms with E-state index in [4.69, 9.17) is 4.74 Å². The van der Waals surface area contributed by atoms with E-state index in [0.717, 1.165) is 37.9 Å². The molecular formula is C25H25FN4O2. The lowest BCUT2D eigenvalue weighted by atomic mass is 9.78. The minimum atomic E-state index is -0.388. The number of nitrogens with zero attached hydrogens (tertiary/aromatic N) is 3. The van der Waals surface area contributed by atoms with Crippen LogP contribution in [0.4, 0.5) is 20.8 Å². The highest BCUT2D eigenvalue weighted by atomic mass is 19.1. The molecule has 1 amide bonds. The average molecular weight is 432 g/mol. The first-order valence-electron chi connectivity index (χ1n) is 11.0. The van der Waals surface area contributed by atoms with Crippen LogP contribution in [-0.2, 0) is 4.74 Å². The molecule has 0 atom stereocenters. The highest BCUT2D eigenvalue weighted by Crippen LogP contribution is 2.40. The molecule has 1 aromatic heterocycles. The zero-order valence-electron chi connectivity index (χ0n) is 17.7. The summed E-state index contributed by atoms with van der Waals surface area (Å²) in [5.41, 5.74) is 1.64. The van der Waals surface area contributed by atoms with Crippen LogP contribution in [0.1, 0.15) is 25.7 Å². The van der Waals surface area contributed by atoms with E-state index < -0.39 is 0 Å². The van der Waals surface area contributed by atoms with Crippen molar-refractivity contribution < 1.29 is 13.9 Å². The molecule has 1 saturated carbocycles. The molecule has 1 aliphatic heterocycles. The van der Waals surface area contributed by atoms with Crippen LogP contribution in [-0.4, -0.2) is 34.8 Å². The smallest absolute Gasteiger partial charge is 0.415 e. The molecule has 7 heteroatoms. The molecule has 2 aliphatic rings. The minimum Gasteiger partial charge on any atom is -0.441 e. The van der Waals surface area contributed by atoms with E-state index >= 15 is 0 Å². The summed E-state index contributed by atoms with van der Waals surface area (Å²) in [5.74, 6) is 0.708. The van der Waals surface area contributed by atoms with Crippen molar-refractivity contribution in [2.75, 3.05) is 23.3 Å². The quantitative estimate of drug-likeness (QED) is 0.594. The molecule has 1 aliphatic carbocycles. The van der Waals surface area contributed by atoms with Crippen molar-refractivity contribution in [1.82, 2.24) is 9.97 Å². The zero-order valence-corrected chi connectivity index (χ0v) is 17.7. The number of benzene rings is 2. The number of rotatable bonds is 5. The summed E-state index contributed by atoms with van der Waals surface area (Å²) < 4.78 is 19.8. The number of carbonyl (C=O) groups excluding carboxylic acids is 1. The number of ether oxygens (including phenoxy) is 1. The molecular weight excluding hydrogens is 407 g/mol. The van der Waals surface area contributed by atoms with Crippen molar-refractivity contribution in [1.29, 1.82) is 0 Å². The Hall–Kier alpha value is -3.48. The number of amides is 1. The molecule has 0 unspecified atom stereocenters. The first-order valence-corrected chi connectivity index (χ1v) is 11.0. The van der Waals surface area contributed by atoms with Gasteiger partial charge in [-0.3, -0.25) is 4.90 Å². The molecule has 2 fully saturated rings. The first-order chi connectivity index (χ1) is 15.6. The fourth-order valence-electron chi connectivity index (χ4n) is 4.59. The van der Waals surface area contributed by atoms with Crippen molar-refractivity contribution in [3.8, 4) is 11.1 Å². The summed E-state index contributed by atoms with van der Waals surface area (Å²) >= 11 is 0. The van der Waals surface area contributed by atoms with Crippen molar-refractivity contribution in [2.45, 2.75) is 31.3 Å². The molecule has 1 spiro atoms. The number of para-hydroxylation sites is 1. The van der Waals surface area contributed by atoms with Gasteiger partial charge >= 0.3 is 6.09 Å². The van der Waals surface area contributed by atoms with Gasteiger partial charge < -0.3 is 10.1 Å². The molecule has 1 N–H and O–H groups in total. The minimum absolute atomic E-state index is 0.254. The van der Waals surface area contributed by atoms with Gasteiger partial charge in [-0.2, -0.15) is 0 Å². The molecule has 5 rings (SSSR count). The maximum Gasteiger partial charge on any atom is 0.415 e. The third kappa shape index (κ3) is 4.15. The second kappa shape index (κ2) is 8.57.